The Morgan fingerprint density at radius 1 is 1.19 bits per heavy atom. The molecule has 2 aromatic rings. The van der Waals surface area contributed by atoms with Gasteiger partial charge in [0.25, 0.3) is 5.91 Å². The highest BCUT2D eigenvalue weighted by atomic mass is 35.5. The first kappa shape index (κ1) is 17.4. The predicted octanol–water partition coefficient (Wildman–Crippen LogP) is 4.90. The number of hydrogen-bond acceptors (Lipinski definition) is 3. The Morgan fingerprint density at radius 2 is 1.92 bits per heavy atom. The fraction of sp³-hybridized carbons (Fsp3) is 0.250. The van der Waals surface area contributed by atoms with Gasteiger partial charge in [0.15, 0.2) is 0 Å². The van der Waals surface area contributed by atoms with Gasteiger partial charge >= 0.3 is 0 Å². The molecule has 0 aromatic heterocycles. The Hall–Kier alpha value is -2.01. The summed E-state index contributed by atoms with van der Waals surface area (Å²) in [5.74, 6) is 0.512. The first-order valence-corrected chi connectivity index (χ1v) is 9.02. The lowest BCUT2D eigenvalue weighted by molar-refractivity contribution is -0.120. The van der Waals surface area contributed by atoms with Crippen LogP contribution in [0.3, 0.4) is 0 Å². The lowest BCUT2D eigenvalue weighted by atomic mass is 9.90. The average Bonchev–Trinajstić information content (AvgIpc) is 2.87. The van der Waals surface area contributed by atoms with Crippen LogP contribution in [0.5, 0.6) is 5.75 Å². The van der Waals surface area contributed by atoms with Crippen LogP contribution < -0.4 is 10.1 Å². The van der Waals surface area contributed by atoms with Gasteiger partial charge in [-0.05, 0) is 36.4 Å². The third-order valence-electron chi connectivity index (χ3n) is 4.51. The van der Waals surface area contributed by atoms with Gasteiger partial charge in [0.2, 0.25) is 0 Å². The van der Waals surface area contributed by atoms with E-state index in [1.807, 2.05) is 12.1 Å². The average molecular weight is 390 g/mol. The quantitative estimate of drug-likeness (QED) is 0.756. The van der Waals surface area contributed by atoms with E-state index in [2.05, 4.69) is 12.2 Å². The van der Waals surface area contributed by atoms with Crippen molar-refractivity contribution in [3.05, 3.63) is 57.6 Å². The van der Waals surface area contributed by atoms with Gasteiger partial charge in [-0.15, -0.1) is 0 Å². The second kappa shape index (κ2) is 6.62. The van der Waals surface area contributed by atoms with Gasteiger partial charge in [-0.1, -0.05) is 36.2 Å². The van der Waals surface area contributed by atoms with Crippen LogP contribution in [0.25, 0.3) is 11.6 Å². The summed E-state index contributed by atoms with van der Waals surface area (Å²) in [6, 6.07) is 10.7. The summed E-state index contributed by atoms with van der Waals surface area (Å²) in [6.45, 7) is 4.04. The fourth-order valence-electron chi connectivity index (χ4n) is 3.01. The molecule has 0 spiro atoms. The number of carbonyl (C=O) groups excluding carboxylic acids is 1. The molecule has 4 nitrogen and oxygen atoms in total. The van der Waals surface area contributed by atoms with Crippen LogP contribution >= 0.6 is 23.2 Å². The zero-order valence-corrected chi connectivity index (χ0v) is 15.7. The number of benzene rings is 2. The number of nitrogens with one attached hydrogen (secondary N) is 1. The highest BCUT2D eigenvalue weighted by molar-refractivity contribution is 6.37. The molecule has 2 aliphatic heterocycles. The zero-order valence-electron chi connectivity index (χ0n) is 14.1. The normalized spacial score (nSPS) is 19.0. The van der Waals surface area contributed by atoms with Crippen molar-refractivity contribution in [3.63, 3.8) is 0 Å². The molecule has 134 valence electrons. The second-order valence-corrected chi connectivity index (χ2v) is 7.85. The van der Waals surface area contributed by atoms with Crippen molar-refractivity contribution in [2.75, 3.05) is 25.1 Å². The molecule has 4 rings (SSSR count). The summed E-state index contributed by atoms with van der Waals surface area (Å²) >= 11 is 12.2. The molecule has 1 amide bonds. The molecule has 1 N–H and O–H groups in total. The number of ether oxygens (including phenoxy) is 2. The summed E-state index contributed by atoms with van der Waals surface area (Å²) in [5.41, 5.74) is 2.86. The molecular weight excluding hydrogens is 373 g/mol. The van der Waals surface area contributed by atoms with Crippen LogP contribution in [0.2, 0.25) is 10.0 Å². The second-order valence-electron chi connectivity index (χ2n) is 6.98. The minimum absolute atomic E-state index is 0.0259. The van der Waals surface area contributed by atoms with Crippen LogP contribution in [0.4, 0.5) is 5.69 Å². The molecule has 0 aliphatic carbocycles. The monoisotopic (exact) mass is 389 g/mol. The van der Waals surface area contributed by atoms with Crippen molar-refractivity contribution in [2.45, 2.75) is 6.92 Å². The van der Waals surface area contributed by atoms with Gasteiger partial charge in [0.1, 0.15) is 5.75 Å². The van der Waals surface area contributed by atoms with Crippen molar-refractivity contribution in [2.24, 2.45) is 5.41 Å². The first-order chi connectivity index (χ1) is 12.4. The number of hydrogen-bond donors (Lipinski definition) is 1. The van der Waals surface area contributed by atoms with Crippen molar-refractivity contribution in [3.8, 4) is 5.75 Å². The molecule has 0 radical (unpaired) electrons. The third kappa shape index (κ3) is 3.32. The van der Waals surface area contributed by atoms with Gasteiger partial charge in [-0.3, -0.25) is 4.79 Å². The standard InChI is InChI=1S/C20H17Cl2NO3/c1-20(9-25-10-20)11-26-18-5-3-13(21)6-12(18)7-16-15-4-2-14(22)8-17(15)23-19(16)24/h2-8H,9-11H2,1H3,(H,23,24)/b16-7-. The number of rotatable bonds is 4. The van der Waals surface area contributed by atoms with Crippen LogP contribution in [0.15, 0.2) is 36.4 Å². The molecule has 26 heavy (non-hydrogen) atoms. The zero-order chi connectivity index (χ0) is 18.3. The molecule has 6 heteroatoms. The number of halogens is 2. The van der Waals surface area contributed by atoms with E-state index in [4.69, 9.17) is 32.7 Å². The van der Waals surface area contributed by atoms with E-state index >= 15 is 0 Å². The highest BCUT2D eigenvalue weighted by Crippen LogP contribution is 2.37. The highest BCUT2D eigenvalue weighted by Gasteiger charge is 2.34. The molecule has 0 unspecified atom stereocenters. The number of fused-ring (bicyclic) bond motifs is 1. The molecule has 2 aromatic carbocycles. The van der Waals surface area contributed by atoms with Crippen molar-refractivity contribution >= 4 is 46.4 Å². The maximum Gasteiger partial charge on any atom is 0.256 e. The summed E-state index contributed by atoms with van der Waals surface area (Å²) in [4.78, 5) is 12.4. The number of amides is 1. The Kier molecular flexibility index (Phi) is 4.43. The lowest BCUT2D eigenvalue weighted by Crippen LogP contribution is -2.44. The van der Waals surface area contributed by atoms with E-state index in [1.165, 1.54) is 0 Å². The van der Waals surface area contributed by atoms with E-state index < -0.39 is 0 Å². The molecule has 0 saturated carbocycles. The van der Waals surface area contributed by atoms with Crippen molar-refractivity contribution in [1.82, 2.24) is 0 Å². The van der Waals surface area contributed by atoms with Gasteiger partial charge in [0.05, 0.1) is 25.5 Å². The Balaban J connectivity index is 1.68. The van der Waals surface area contributed by atoms with E-state index in [0.717, 1.165) is 11.1 Å². The van der Waals surface area contributed by atoms with Crippen molar-refractivity contribution in [1.29, 1.82) is 0 Å². The van der Waals surface area contributed by atoms with Crippen LogP contribution in [-0.2, 0) is 9.53 Å². The largest absolute Gasteiger partial charge is 0.492 e. The topological polar surface area (TPSA) is 47.6 Å². The molecule has 2 heterocycles. The maximum atomic E-state index is 12.4. The Bertz CT molecular complexity index is 919. The maximum absolute atomic E-state index is 12.4. The van der Waals surface area contributed by atoms with Crippen LogP contribution in [0, 0.1) is 5.41 Å². The predicted molar refractivity (Wildman–Crippen MR) is 104 cm³/mol. The van der Waals surface area contributed by atoms with E-state index in [-0.39, 0.29) is 11.3 Å². The smallest absolute Gasteiger partial charge is 0.256 e. The molecule has 1 fully saturated rings. The van der Waals surface area contributed by atoms with Crippen LogP contribution in [0.1, 0.15) is 18.1 Å². The summed E-state index contributed by atoms with van der Waals surface area (Å²) in [7, 11) is 0. The summed E-state index contributed by atoms with van der Waals surface area (Å²) in [5, 5.41) is 3.99. The van der Waals surface area contributed by atoms with Gasteiger partial charge in [0, 0.05) is 32.2 Å². The third-order valence-corrected chi connectivity index (χ3v) is 4.98. The number of carbonyl (C=O) groups is 1. The Labute approximate surface area is 161 Å². The Morgan fingerprint density at radius 3 is 2.65 bits per heavy atom. The van der Waals surface area contributed by atoms with Gasteiger partial charge in [-0.25, -0.2) is 0 Å². The number of anilines is 1. The van der Waals surface area contributed by atoms with Gasteiger partial charge in [-0.2, -0.15) is 0 Å². The van der Waals surface area contributed by atoms with E-state index in [0.29, 0.717) is 46.9 Å². The molecule has 2 aliphatic rings. The van der Waals surface area contributed by atoms with Crippen LogP contribution in [-0.4, -0.2) is 25.7 Å². The minimum Gasteiger partial charge on any atom is -0.492 e. The first-order valence-electron chi connectivity index (χ1n) is 8.27. The van der Waals surface area contributed by atoms with Crippen molar-refractivity contribution < 1.29 is 14.3 Å². The fourth-order valence-corrected chi connectivity index (χ4v) is 3.37. The summed E-state index contributed by atoms with van der Waals surface area (Å²) < 4.78 is 11.3. The molecular formula is C20H17Cl2NO3. The SMILES string of the molecule is CC1(COc2ccc(Cl)cc2/C=C2\C(=O)Nc3cc(Cl)ccc32)COC1. The molecule has 1 saturated heterocycles. The molecule has 0 atom stereocenters. The van der Waals surface area contributed by atoms with E-state index in [1.54, 1.807) is 30.3 Å². The summed E-state index contributed by atoms with van der Waals surface area (Å²) in [6.07, 6.45) is 1.80. The van der Waals surface area contributed by atoms with Gasteiger partial charge < -0.3 is 14.8 Å². The molecule has 0 bridgehead atoms. The van der Waals surface area contributed by atoms with E-state index in [9.17, 15) is 4.79 Å². The lowest BCUT2D eigenvalue weighted by Gasteiger charge is -2.37. The minimum atomic E-state index is -0.174.